The Morgan fingerprint density at radius 2 is 2.22 bits per heavy atom. The van der Waals surface area contributed by atoms with Gasteiger partial charge in [-0.15, -0.1) is 0 Å². The smallest absolute Gasteiger partial charge is 0.0113 e. The van der Waals surface area contributed by atoms with Crippen molar-refractivity contribution in [1.29, 1.82) is 0 Å². The molecule has 3 unspecified atom stereocenters. The van der Waals surface area contributed by atoms with Gasteiger partial charge in [0, 0.05) is 6.04 Å². The summed E-state index contributed by atoms with van der Waals surface area (Å²) in [4.78, 5) is 0. The van der Waals surface area contributed by atoms with Gasteiger partial charge in [0.15, 0.2) is 0 Å². The zero-order chi connectivity index (χ0) is 6.43. The van der Waals surface area contributed by atoms with Gasteiger partial charge in [0.25, 0.3) is 0 Å². The van der Waals surface area contributed by atoms with Crippen LogP contribution in [0.15, 0.2) is 0 Å². The van der Waals surface area contributed by atoms with Crippen LogP contribution in [0.3, 0.4) is 0 Å². The van der Waals surface area contributed by atoms with Gasteiger partial charge in [-0.05, 0) is 30.7 Å². The van der Waals surface area contributed by atoms with Crippen molar-refractivity contribution in [3.05, 3.63) is 0 Å². The fraction of sp³-hybridized carbons (Fsp3) is 1.00. The molecule has 52 valence electrons. The third-order valence-electron chi connectivity index (χ3n) is 3.06. The van der Waals surface area contributed by atoms with Gasteiger partial charge in [-0.1, -0.05) is 13.8 Å². The maximum atomic E-state index is 3.43. The molecule has 0 bridgehead atoms. The van der Waals surface area contributed by atoms with Crippen LogP contribution >= 0.6 is 0 Å². The molecular weight excluding hydrogens is 110 g/mol. The first-order valence-electron chi connectivity index (χ1n) is 4.02. The summed E-state index contributed by atoms with van der Waals surface area (Å²) < 4.78 is 0. The molecule has 1 heterocycles. The molecule has 1 saturated heterocycles. The number of rotatable bonds is 1. The van der Waals surface area contributed by atoms with E-state index >= 15 is 0 Å². The zero-order valence-corrected chi connectivity index (χ0v) is 6.22. The van der Waals surface area contributed by atoms with Gasteiger partial charge in [-0.2, -0.15) is 0 Å². The van der Waals surface area contributed by atoms with Crippen molar-refractivity contribution in [2.75, 3.05) is 6.54 Å². The maximum Gasteiger partial charge on any atom is 0.0113 e. The highest BCUT2D eigenvalue weighted by Crippen LogP contribution is 2.44. The van der Waals surface area contributed by atoms with Gasteiger partial charge in [0.1, 0.15) is 0 Å². The summed E-state index contributed by atoms with van der Waals surface area (Å²) in [6.45, 7) is 5.99. The minimum Gasteiger partial charge on any atom is -0.313 e. The molecule has 0 amide bonds. The topological polar surface area (TPSA) is 12.0 Å². The Labute approximate surface area is 56.8 Å². The second-order valence-electron chi connectivity index (χ2n) is 3.82. The van der Waals surface area contributed by atoms with E-state index in [4.69, 9.17) is 0 Å². The molecular formula is C8H15N. The van der Waals surface area contributed by atoms with E-state index in [0.717, 1.165) is 23.8 Å². The minimum atomic E-state index is 0.924. The van der Waals surface area contributed by atoms with Gasteiger partial charge < -0.3 is 5.32 Å². The van der Waals surface area contributed by atoms with Crippen molar-refractivity contribution in [1.82, 2.24) is 5.32 Å². The van der Waals surface area contributed by atoms with Gasteiger partial charge >= 0.3 is 0 Å². The number of nitrogens with one attached hydrogen (secondary N) is 1. The lowest BCUT2D eigenvalue weighted by atomic mass is 9.60. The van der Waals surface area contributed by atoms with E-state index in [9.17, 15) is 0 Å². The monoisotopic (exact) mass is 125 g/mol. The van der Waals surface area contributed by atoms with Crippen LogP contribution in [0.1, 0.15) is 20.3 Å². The maximum absolute atomic E-state index is 3.43. The summed E-state index contributed by atoms with van der Waals surface area (Å²) in [6, 6.07) is 0.928. The van der Waals surface area contributed by atoms with E-state index in [1.165, 1.54) is 13.0 Å². The first kappa shape index (κ1) is 5.72. The van der Waals surface area contributed by atoms with Gasteiger partial charge in [-0.3, -0.25) is 0 Å². The van der Waals surface area contributed by atoms with Crippen LogP contribution in [0.4, 0.5) is 0 Å². The molecule has 0 aromatic rings. The van der Waals surface area contributed by atoms with Gasteiger partial charge in [-0.25, -0.2) is 0 Å². The molecule has 0 aromatic heterocycles. The second kappa shape index (κ2) is 1.72. The average molecular weight is 125 g/mol. The molecule has 3 atom stereocenters. The summed E-state index contributed by atoms with van der Waals surface area (Å²) in [5.41, 5.74) is 0. The fourth-order valence-electron chi connectivity index (χ4n) is 2.17. The number of fused-ring (bicyclic) bond motifs is 1. The van der Waals surface area contributed by atoms with Gasteiger partial charge in [0.05, 0.1) is 0 Å². The van der Waals surface area contributed by atoms with Crippen LogP contribution in [0.5, 0.6) is 0 Å². The molecule has 1 saturated carbocycles. The molecule has 2 rings (SSSR count). The van der Waals surface area contributed by atoms with E-state index in [1.807, 2.05) is 0 Å². The molecule has 1 nitrogen and oxygen atoms in total. The van der Waals surface area contributed by atoms with Crippen molar-refractivity contribution in [2.24, 2.45) is 17.8 Å². The first-order valence-corrected chi connectivity index (χ1v) is 4.02. The number of hydrogen-bond donors (Lipinski definition) is 1. The summed E-state index contributed by atoms with van der Waals surface area (Å²) in [5, 5.41) is 3.43. The summed E-state index contributed by atoms with van der Waals surface area (Å²) >= 11 is 0. The predicted molar refractivity (Wildman–Crippen MR) is 38.2 cm³/mol. The molecule has 0 spiro atoms. The van der Waals surface area contributed by atoms with Crippen LogP contribution in [0.2, 0.25) is 0 Å². The minimum absolute atomic E-state index is 0.924. The van der Waals surface area contributed by atoms with Crippen molar-refractivity contribution < 1.29 is 0 Å². The van der Waals surface area contributed by atoms with E-state index in [-0.39, 0.29) is 0 Å². The van der Waals surface area contributed by atoms with Crippen LogP contribution in [0, 0.1) is 17.8 Å². The lowest BCUT2D eigenvalue weighted by molar-refractivity contribution is -0.00383. The van der Waals surface area contributed by atoms with Crippen LogP contribution in [-0.2, 0) is 0 Å². The Bertz CT molecular complexity index is 120. The molecule has 1 heteroatoms. The predicted octanol–water partition coefficient (Wildman–Crippen LogP) is 1.25. The summed E-state index contributed by atoms with van der Waals surface area (Å²) in [5.74, 6) is 3.04. The van der Waals surface area contributed by atoms with Crippen molar-refractivity contribution in [3.63, 3.8) is 0 Å². The highest BCUT2D eigenvalue weighted by atomic mass is 15.0. The van der Waals surface area contributed by atoms with E-state index in [1.54, 1.807) is 0 Å². The Morgan fingerprint density at radius 3 is 2.33 bits per heavy atom. The second-order valence-corrected chi connectivity index (χ2v) is 3.82. The highest BCUT2D eigenvalue weighted by molar-refractivity contribution is 5.03. The Balaban J connectivity index is 1.90. The van der Waals surface area contributed by atoms with Crippen molar-refractivity contribution >= 4 is 0 Å². The third kappa shape index (κ3) is 0.644. The molecule has 0 aromatic carbocycles. The highest BCUT2D eigenvalue weighted by Gasteiger charge is 2.47. The standard InChI is InChI=1S/C8H15N/c1-5(2)6-3-8-7(6)4-9-8/h5-9H,3-4H2,1-2H3. The average Bonchev–Trinajstić information content (AvgIpc) is 1.76. The molecule has 0 radical (unpaired) electrons. The van der Waals surface area contributed by atoms with Crippen molar-refractivity contribution in [2.45, 2.75) is 26.3 Å². The zero-order valence-electron chi connectivity index (χ0n) is 6.22. The van der Waals surface area contributed by atoms with Crippen LogP contribution in [-0.4, -0.2) is 12.6 Å². The third-order valence-corrected chi connectivity index (χ3v) is 3.06. The quantitative estimate of drug-likeness (QED) is 0.556. The molecule has 1 aliphatic carbocycles. The molecule has 1 N–H and O–H groups in total. The lowest BCUT2D eigenvalue weighted by Gasteiger charge is -2.55. The Hall–Kier alpha value is -0.0400. The largest absolute Gasteiger partial charge is 0.313 e. The van der Waals surface area contributed by atoms with E-state index < -0.39 is 0 Å². The summed E-state index contributed by atoms with van der Waals surface area (Å²) in [7, 11) is 0. The summed E-state index contributed by atoms with van der Waals surface area (Å²) in [6.07, 6.45) is 1.45. The first-order chi connectivity index (χ1) is 4.29. The van der Waals surface area contributed by atoms with E-state index in [0.29, 0.717) is 0 Å². The van der Waals surface area contributed by atoms with Crippen LogP contribution in [0.25, 0.3) is 0 Å². The number of hydrogen-bond acceptors (Lipinski definition) is 1. The lowest BCUT2D eigenvalue weighted by Crippen LogP contribution is -2.65. The molecule has 2 fully saturated rings. The molecule has 9 heavy (non-hydrogen) atoms. The number of piperidine rings is 1. The van der Waals surface area contributed by atoms with Crippen LogP contribution < -0.4 is 5.32 Å². The Morgan fingerprint density at radius 1 is 1.44 bits per heavy atom. The SMILES string of the molecule is CC(C)C1CC2NCC21. The molecule has 2 aliphatic rings. The normalized spacial score (nSPS) is 47.7. The molecule has 1 aliphatic heterocycles. The van der Waals surface area contributed by atoms with Crippen molar-refractivity contribution in [3.8, 4) is 0 Å². The van der Waals surface area contributed by atoms with E-state index in [2.05, 4.69) is 19.2 Å². The van der Waals surface area contributed by atoms with Gasteiger partial charge in [0.2, 0.25) is 0 Å². The fourth-order valence-corrected chi connectivity index (χ4v) is 2.17. The Kier molecular flexibility index (Phi) is 1.10.